The maximum absolute atomic E-state index is 12.5. The molecule has 2 amide bonds. The molecule has 8 nitrogen and oxygen atoms in total. The largest absolute Gasteiger partial charge is 0.465 e. The maximum atomic E-state index is 12.5. The second-order valence-electron chi connectivity index (χ2n) is 8.73. The smallest absolute Gasteiger partial charge is 0.412 e. The number of rotatable bonds is 10. The highest BCUT2D eigenvalue weighted by molar-refractivity contribution is 5.98. The number of aromatic nitrogens is 1. The Bertz CT molecular complexity index is 1090. The lowest BCUT2D eigenvalue weighted by molar-refractivity contribution is -0.145. The van der Waals surface area contributed by atoms with E-state index in [1.807, 2.05) is 0 Å². The summed E-state index contributed by atoms with van der Waals surface area (Å²) in [6.45, 7) is 14.7. The summed E-state index contributed by atoms with van der Waals surface area (Å²) in [5.41, 5.74) is 2.20. The fraction of sp³-hybridized carbons (Fsp3) is 0.333. The number of carbonyl (C=O) groups is 3. The molecular formula is C27H33N3O5. The average molecular weight is 480 g/mol. The number of benzene rings is 1. The molecule has 0 saturated heterocycles. The maximum Gasteiger partial charge on any atom is 0.412 e. The molecule has 1 heterocycles. The number of allylic oxidation sites excluding steroid dienone is 1. The van der Waals surface area contributed by atoms with E-state index in [1.54, 1.807) is 70.3 Å². The van der Waals surface area contributed by atoms with Crippen LogP contribution < -0.4 is 10.6 Å². The van der Waals surface area contributed by atoms with Gasteiger partial charge in [-0.25, -0.2) is 4.79 Å². The van der Waals surface area contributed by atoms with E-state index < -0.39 is 17.6 Å². The van der Waals surface area contributed by atoms with E-state index in [-0.39, 0.29) is 24.9 Å². The van der Waals surface area contributed by atoms with Crippen LogP contribution >= 0.6 is 0 Å². The molecule has 0 saturated carbocycles. The van der Waals surface area contributed by atoms with Gasteiger partial charge < -0.3 is 14.8 Å². The van der Waals surface area contributed by atoms with Gasteiger partial charge in [-0.1, -0.05) is 18.2 Å². The fourth-order valence-electron chi connectivity index (χ4n) is 3.28. The molecule has 0 aliphatic rings. The van der Waals surface area contributed by atoms with Crippen LogP contribution in [0.2, 0.25) is 0 Å². The normalized spacial score (nSPS) is 11.7. The number of hydrogen-bond donors (Lipinski definition) is 2. The van der Waals surface area contributed by atoms with Gasteiger partial charge in [0.25, 0.3) is 0 Å². The zero-order valence-electron chi connectivity index (χ0n) is 20.7. The van der Waals surface area contributed by atoms with Crippen molar-refractivity contribution in [3.63, 3.8) is 0 Å². The van der Waals surface area contributed by atoms with Crippen LogP contribution in [0.15, 0.2) is 61.8 Å². The van der Waals surface area contributed by atoms with Gasteiger partial charge in [0.05, 0.1) is 18.0 Å². The van der Waals surface area contributed by atoms with Crippen molar-refractivity contribution in [2.45, 2.75) is 52.1 Å². The Balaban J connectivity index is 2.47. The number of pyridine rings is 1. The van der Waals surface area contributed by atoms with E-state index in [0.717, 1.165) is 5.56 Å². The summed E-state index contributed by atoms with van der Waals surface area (Å²) in [6, 6.07) is 8.67. The SMILES string of the molecule is C=CCC(=O)Nc1cc(NC(=O)OC(C)(C)C)ccc1-c1ccnc(C(CC=C)C(=O)OCC)c1. The van der Waals surface area contributed by atoms with Crippen molar-refractivity contribution in [1.29, 1.82) is 0 Å². The molecule has 2 rings (SSSR count). The summed E-state index contributed by atoms with van der Waals surface area (Å²) in [7, 11) is 0. The van der Waals surface area contributed by atoms with Gasteiger partial charge in [-0.15, -0.1) is 13.2 Å². The number of carbonyl (C=O) groups excluding carboxylic acids is 3. The number of esters is 1. The van der Waals surface area contributed by atoms with Crippen molar-refractivity contribution in [1.82, 2.24) is 4.98 Å². The Hall–Kier alpha value is -3.94. The first-order chi connectivity index (χ1) is 16.6. The highest BCUT2D eigenvalue weighted by Crippen LogP contribution is 2.33. The highest BCUT2D eigenvalue weighted by Gasteiger charge is 2.23. The lowest BCUT2D eigenvalue weighted by Crippen LogP contribution is -2.27. The van der Waals surface area contributed by atoms with Gasteiger partial charge in [-0.2, -0.15) is 0 Å². The summed E-state index contributed by atoms with van der Waals surface area (Å²) in [4.78, 5) is 41.4. The lowest BCUT2D eigenvalue weighted by Gasteiger charge is -2.20. The topological polar surface area (TPSA) is 107 Å². The molecule has 0 fully saturated rings. The molecule has 0 aliphatic carbocycles. The number of amides is 2. The Morgan fingerprint density at radius 1 is 1.09 bits per heavy atom. The first kappa shape index (κ1) is 27.3. The summed E-state index contributed by atoms with van der Waals surface area (Å²) < 4.78 is 10.5. The van der Waals surface area contributed by atoms with Crippen LogP contribution in [0.1, 0.15) is 52.1 Å². The zero-order chi connectivity index (χ0) is 26.0. The monoisotopic (exact) mass is 479 g/mol. The minimum Gasteiger partial charge on any atom is -0.465 e. The molecule has 2 N–H and O–H groups in total. The van der Waals surface area contributed by atoms with Crippen molar-refractivity contribution in [2.24, 2.45) is 0 Å². The predicted octanol–water partition coefficient (Wildman–Crippen LogP) is 5.83. The molecule has 186 valence electrons. The lowest BCUT2D eigenvalue weighted by atomic mass is 9.96. The van der Waals surface area contributed by atoms with E-state index in [0.29, 0.717) is 29.1 Å². The summed E-state index contributed by atoms with van der Waals surface area (Å²) in [6.07, 6.45) is 4.63. The molecule has 1 atom stereocenters. The van der Waals surface area contributed by atoms with E-state index in [9.17, 15) is 14.4 Å². The Labute approximate surface area is 206 Å². The molecule has 1 aromatic carbocycles. The van der Waals surface area contributed by atoms with Crippen molar-refractivity contribution in [3.05, 3.63) is 67.5 Å². The standard InChI is InChI=1S/C27H33N3O5/c1-7-10-21(25(32)34-9-3)22-16-18(14-15-28-22)20-13-12-19(29-26(33)35-27(4,5)6)17-23(20)30-24(31)11-8-2/h7-8,12-17,21H,1-2,9-11H2,3-6H3,(H,29,33)(H,30,31). The van der Waals surface area contributed by atoms with E-state index >= 15 is 0 Å². The summed E-state index contributed by atoms with van der Waals surface area (Å²) >= 11 is 0. The van der Waals surface area contributed by atoms with E-state index in [1.165, 1.54) is 6.08 Å². The van der Waals surface area contributed by atoms with Crippen LogP contribution in [-0.4, -0.2) is 35.2 Å². The molecule has 0 radical (unpaired) electrons. The fourth-order valence-corrected chi connectivity index (χ4v) is 3.28. The van der Waals surface area contributed by atoms with E-state index in [4.69, 9.17) is 9.47 Å². The number of anilines is 2. The first-order valence-electron chi connectivity index (χ1n) is 11.4. The molecule has 0 bridgehead atoms. The number of nitrogens with one attached hydrogen (secondary N) is 2. The average Bonchev–Trinajstić information content (AvgIpc) is 2.76. The molecule has 0 aliphatic heterocycles. The molecule has 8 heteroatoms. The third kappa shape index (κ3) is 8.41. The van der Waals surface area contributed by atoms with Gasteiger partial charge in [-0.3, -0.25) is 19.9 Å². The minimum atomic E-state index is -0.653. The second kappa shape index (κ2) is 12.5. The molecular weight excluding hydrogens is 446 g/mol. The third-order valence-corrected chi connectivity index (χ3v) is 4.69. The zero-order valence-corrected chi connectivity index (χ0v) is 20.7. The van der Waals surface area contributed by atoms with E-state index in [2.05, 4.69) is 28.8 Å². The molecule has 35 heavy (non-hydrogen) atoms. The third-order valence-electron chi connectivity index (χ3n) is 4.69. The van der Waals surface area contributed by atoms with Crippen molar-refractivity contribution >= 4 is 29.3 Å². The Morgan fingerprint density at radius 3 is 2.46 bits per heavy atom. The van der Waals surface area contributed by atoms with Crippen LogP contribution in [0.4, 0.5) is 16.2 Å². The summed E-state index contributed by atoms with van der Waals surface area (Å²) in [5.74, 6) is -1.24. The predicted molar refractivity (Wildman–Crippen MR) is 137 cm³/mol. The van der Waals surface area contributed by atoms with Gasteiger partial charge in [0.2, 0.25) is 5.91 Å². The van der Waals surface area contributed by atoms with Crippen LogP contribution in [0, 0.1) is 0 Å². The molecule has 0 spiro atoms. The van der Waals surface area contributed by atoms with Crippen molar-refractivity contribution < 1.29 is 23.9 Å². The molecule has 2 aromatic rings. The van der Waals surface area contributed by atoms with Crippen molar-refractivity contribution in [2.75, 3.05) is 17.2 Å². The quantitative estimate of drug-likeness (QED) is 0.328. The number of nitrogens with zero attached hydrogens (tertiary/aromatic N) is 1. The Morgan fingerprint density at radius 2 is 1.83 bits per heavy atom. The van der Waals surface area contributed by atoms with Crippen LogP contribution in [0.5, 0.6) is 0 Å². The highest BCUT2D eigenvalue weighted by atomic mass is 16.6. The van der Waals surface area contributed by atoms with Gasteiger partial charge in [0, 0.05) is 23.9 Å². The van der Waals surface area contributed by atoms with Crippen LogP contribution in [0.25, 0.3) is 11.1 Å². The second-order valence-corrected chi connectivity index (χ2v) is 8.73. The first-order valence-corrected chi connectivity index (χ1v) is 11.4. The van der Waals surface area contributed by atoms with Gasteiger partial charge in [0.1, 0.15) is 11.5 Å². The van der Waals surface area contributed by atoms with Gasteiger partial charge in [-0.05, 0) is 63.9 Å². The van der Waals surface area contributed by atoms with Gasteiger partial charge >= 0.3 is 12.1 Å². The number of ether oxygens (including phenoxy) is 2. The minimum absolute atomic E-state index is 0.120. The van der Waals surface area contributed by atoms with Crippen molar-refractivity contribution in [3.8, 4) is 11.1 Å². The number of hydrogen-bond acceptors (Lipinski definition) is 6. The van der Waals surface area contributed by atoms with Crippen LogP contribution in [-0.2, 0) is 19.1 Å². The van der Waals surface area contributed by atoms with Gasteiger partial charge in [0.15, 0.2) is 0 Å². The van der Waals surface area contributed by atoms with Crippen LogP contribution in [0.3, 0.4) is 0 Å². The Kier molecular flexibility index (Phi) is 9.75. The molecule has 1 unspecified atom stereocenters. The molecule has 1 aromatic heterocycles. The summed E-state index contributed by atoms with van der Waals surface area (Å²) in [5, 5.41) is 5.54.